The third-order valence-electron chi connectivity index (χ3n) is 2.40. The summed E-state index contributed by atoms with van der Waals surface area (Å²) in [6.07, 6.45) is 0. The number of amides is 1. The van der Waals surface area contributed by atoms with E-state index in [2.05, 4.69) is 10.3 Å². The van der Waals surface area contributed by atoms with Crippen LogP contribution in [0.5, 0.6) is 5.75 Å². The molecule has 5 heteroatoms. The number of nitrogens with zero attached hydrogens (tertiary/aromatic N) is 1. The van der Waals surface area contributed by atoms with E-state index >= 15 is 0 Å². The van der Waals surface area contributed by atoms with Crippen molar-refractivity contribution in [1.29, 1.82) is 0 Å². The lowest BCUT2D eigenvalue weighted by molar-refractivity contribution is 0.102. The molecule has 2 aromatic rings. The van der Waals surface area contributed by atoms with Crippen LogP contribution < -0.4 is 5.32 Å². The minimum Gasteiger partial charge on any atom is -0.508 e. The second-order valence-corrected chi connectivity index (χ2v) is 4.19. The number of hydrogen-bond donors (Lipinski definition) is 2. The molecule has 1 heterocycles. The van der Waals surface area contributed by atoms with E-state index in [0.717, 1.165) is 0 Å². The van der Waals surface area contributed by atoms with Crippen LogP contribution in [0.15, 0.2) is 36.4 Å². The first-order chi connectivity index (χ1) is 8.56. The number of phenolic OH excluding ortho intramolecular Hbond substituents is 1. The highest BCUT2D eigenvalue weighted by Crippen LogP contribution is 2.20. The standard InChI is InChI=1S/C13H11ClN2O2/c1-8-7-9(5-6-11(8)17)15-13(18)10-3-2-4-12(14)16-10/h2-7,17H,1H3,(H,15,18). The van der Waals surface area contributed by atoms with Crippen LogP contribution in [-0.4, -0.2) is 16.0 Å². The van der Waals surface area contributed by atoms with Crippen LogP contribution in [0, 0.1) is 6.92 Å². The lowest BCUT2D eigenvalue weighted by Crippen LogP contribution is -2.13. The third kappa shape index (κ3) is 2.78. The molecule has 1 amide bonds. The first-order valence-electron chi connectivity index (χ1n) is 5.30. The van der Waals surface area contributed by atoms with Crippen molar-refractivity contribution < 1.29 is 9.90 Å². The van der Waals surface area contributed by atoms with Gasteiger partial charge in [0.1, 0.15) is 16.6 Å². The quantitative estimate of drug-likeness (QED) is 0.646. The Morgan fingerprint density at radius 1 is 1.33 bits per heavy atom. The summed E-state index contributed by atoms with van der Waals surface area (Å²) >= 11 is 5.71. The maximum Gasteiger partial charge on any atom is 0.274 e. The van der Waals surface area contributed by atoms with Gasteiger partial charge in [0.15, 0.2) is 0 Å². The number of aromatic hydroxyl groups is 1. The second-order valence-electron chi connectivity index (χ2n) is 3.80. The number of hydrogen-bond acceptors (Lipinski definition) is 3. The van der Waals surface area contributed by atoms with Gasteiger partial charge in [0.25, 0.3) is 5.91 Å². The predicted octanol–water partition coefficient (Wildman–Crippen LogP) is 3.00. The molecule has 0 fully saturated rings. The number of aryl methyl sites for hydroxylation is 1. The van der Waals surface area contributed by atoms with Crippen molar-refractivity contribution in [2.24, 2.45) is 0 Å². The number of benzene rings is 1. The molecule has 0 atom stereocenters. The summed E-state index contributed by atoms with van der Waals surface area (Å²) in [5, 5.41) is 12.3. The van der Waals surface area contributed by atoms with Crippen molar-refractivity contribution in [3.05, 3.63) is 52.8 Å². The summed E-state index contributed by atoms with van der Waals surface area (Å²) in [5.41, 5.74) is 1.53. The molecule has 0 unspecified atom stereocenters. The summed E-state index contributed by atoms with van der Waals surface area (Å²) < 4.78 is 0. The molecule has 4 nitrogen and oxygen atoms in total. The van der Waals surface area contributed by atoms with Crippen molar-refractivity contribution in [2.75, 3.05) is 5.32 Å². The summed E-state index contributed by atoms with van der Waals surface area (Å²) in [6, 6.07) is 9.66. The number of carbonyl (C=O) groups is 1. The number of rotatable bonds is 2. The van der Waals surface area contributed by atoms with Gasteiger partial charge in [-0.1, -0.05) is 17.7 Å². The van der Waals surface area contributed by atoms with E-state index in [0.29, 0.717) is 11.3 Å². The van der Waals surface area contributed by atoms with E-state index in [9.17, 15) is 9.90 Å². The van der Waals surface area contributed by atoms with Crippen molar-refractivity contribution in [3.8, 4) is 5.75 Å². The van der Waals surface area contributed by atoms with Gasteiger partial charge in [-0.25, -0.2) is 4.98 Å². The van der Waals surface area contributed by atoms with E-state index in [1.54, 1.807) is 37.3 Å². The van der Waals surface area contributed by atoms with Gasteiger partial charge in [0.05, 0.1) is 0 Å². The van der Waals surface area contributed by atoms with Gasteiger partial charge in [0.2, 0.25) is 0 Å². The highest BCUT2D eigenvalue weighted by Gasteiger charge is 2.08. The molecule has 0 aliphatic rings. The second kappa shape index (κ2) is 5.06. The molecular weight excluding hydrogens is 252 g/mol. The minimum absolute atomic E-state index is 0.189. The van der Waals surface area contributed by atoms with E-state index < -0.39 is 0 Å². The fourth-order valence-electron chi connectivity index (χ4n) is 1.46. The molecule has 2 rings (SSSR count). The fourth-order valence-corrected chi connectivity index (χ4v) is 1.63. The molecular formula is C13H11ClN2O2. The Morgan fingerprint density at radius 3 is 2.78 bits per heavy atom. The number of anilines is 1. The largest absolute Gasteiger partial charge is 0.508 e. The highest BCUT2D eigenvalue weighted by molar-refractivity contribution is 6.29. The van der Waals surface area contributed by atoms with Gasteiger partial charge < -0.3 is 10.4 Å². The van der Waals surface area contributed by atoms with Crippen molar-refractivity contribution >= 4 is 23.2 Å². The highest BCUT2D eigenvalue weighted by atomic mass is 35.5. The average molecular weight is 263 g/mol. The Morgan fingerprint density at radius 2 is 2.11 bits per heavy atom. The minimum atomic E-state index is -0.345. The fraction of sp³-hybridized carbons (Fsp3) is 0.0769. The van der Waals surface area contributed by atoms with E-state index in [1.807, 2.05) is 0 Å². The number of phenols is 1. The molecule has 2 N–H and O–H groups in total. The van der Waals surface area contributed by atoms with Gasteiger partial charge in [-0.15, -0.1) is 0 Å². The lowest BCUT2D eigenvalue weighted by Gasteiger charge is -2.06. The molecule has 92 valence electrons. The van der Waals surface area contributed by atoms with Crippen LogP contribution >= 0.6 is 11.6 Å². The Bertz CT molecular complexity index is 599. The lowest BCUT2D eigenvalue weighted by atomic mass is 10.2. The van der Waals surface area contributed by atoms with Gasteiger partial charge in [-0.2, -0.15) is 0 Å². The van der Waals surface area contributed by atoms with Gasteiger partial charge in [-0.3, -0.25) is 4.79 Å². The zero-order chi connectivity index (χ0) is 13.1. The van der Waals surface area contributed by atoms with Crippen LogP contribution in [0.4, 0.5) is 5.69 Å². The average Bonchev–Trinajstić information content (AvgIpc) is 2.34. The molecule has 0 spiro atoms. The molecule has 1 aromatic heterocycles. The predicted molar refractivity (Wildman–Crippen MR) is 70.0 cm³/mol. The zero-order valence-corrected chi connectivity index (χ0v) is 10.4. The molecule has 0 aliphatic carbocycles. The van der Waals surface area contributed by atoms with Gasteiger partial charge in [0, 0.05) is 5.69 Å². The van der Waals surface area contributed by atoms with E-state index in [4.69, 9.17) is 11.6 Å². The maximum atomic E-state index is 11.9. The molecule has 18 heavy (non-hydrogen) atoms. The van der Waals surface area contributed by atoms with Crippen LogP contribution in [0.3, 0.4) is 0 Å². The van der Waals surface area contributed by atoms with Crippen LogP contribution in [0.25, 0.3) is 0 Å². The first kappa shape index (κ1) is 12.4. The summed E-state index contributed by atoms with van der Waals surface area (Å²) in [7, 11) is 0. The number of aromatic nitrogens is 1. The summed E-state index contributed by atoms with van der Waals surface area (Å²) in [6.45, 7) is 1.75. The van der Waals surface area contributed by atoms with Gasteiger partial charge >= 0.3 is 0 Å². The Labute approximate surface area is 109 Å². The number of pyridine rings is 1. The van der Waals surface area contributed by atoms with Crippen LogP contribution in [0.1, 0.15) is 16.1 Å². The maximum absolute atomic E-state index is 11.9. The van der Waals surface area contributed by atoms with Crippen LogP contribution in [-0.2, 0) is 0 Å². The Balaban J connectivity index is 2.18. The zero-order valence-electron chi connectivity index (χ0n) is 9.64. The number of carbonyl (C=O) groups excluding carboxylic acids is 1. The monoisotopic (exact) mass is 262 g/mol. The molecule has 0 radical (unpaired) electrons. The SMILES string of the molecule is Cc1cc(NC(=O)c2cccc(Cl)n2)ccc1O. The van der Waals surface area contributed by atoms with Crippen LogP contribution in [0.2, 0.25) is 5.15 Å². The Kier molecular flexibility index (Phi) is 3.48. The number of halogens is 1. The summed E-state index contributed by atoms with van der Waals surface area (Å²) in [4.78, 5) is 15.8. The van der Waals surface area contributed by atoms with E-state index in [1.165, 1.54) is 6.07 Å². The van der Waals surface area contributed by atoms with Gasteiger partial charge in [-0.05, 0) is 42.8 Å². The van der Waals surface area contributed by atoms with E-state index in [-0.39, 0.29) is 22.5 Å². The van der Waals surface area contributed by atoms with Crippen molar-refractivity contribution in [3.63, 3.8) is 0 Å². The Hall–Kier alpha value is -2.07. The van der Waals surface area contributed by atoms with Crippen molar-refractivity contribution in [1.82, 2.24) is 4.98 Å². The molecule has 0 saturated carbocycles. The van der Waals surface area contributed by atoms with Crippen molar-refractivity contribution in [2.45, 2.75) is 6.92 Å². The molecule has 0 aliphatic heterocycles. The molecule has 1 aromatic carbocycles. The third-order valence-corrected chi connectivity index (χ3v) is 2.61. The number of nitrogens with one attached hydrogen (secondary N) is 1. The smallest absolute Gasteiger partial charge is 0.274 e. The molecule has 0 saturated heterocycles. The molecule has 0 bridgehead atoms. The topological polar surface area (TPSA) is 62.2 Å². The summed E-state index contributed by atoms with van der Waals surface area (Å²) in [5.74, 6) is -0.156. The first-order valence-corrected chi connectivity index (χ1v) is 5.67. The normalized spacial score (nSPS) is 10.1.